The molecule has 3 rings (SSSR count). The Morgan fingerprint density at radius 1 is 1.15 bits per heavy atom. The number of carbonyl (C=O) groups is 2. The van der Waals surface area contributed by atoms with E-state index in [2.05, 4.69) is 10.3 Å². The Balaban J connectivity index is 2.29. The standard InChI is InChI=1S/C25H29N3O6/c1-7-33-24(30)21-15(4)12-17-22(16(21)5)23(29)28(18-10-8-9-11-19(18)32-6)20(27-17)13-34-25(31)26-14(2)3/h8-12,14H,7,13H2,1-6H3,(H,26,31). The first-order valence-electron chi connectivity index (χ1n) is 11.0. The zero-order chi connectivity index (χ0) is 25.0. The molecular formula is C25H29N3O6. The van der Waals surface area contributed by atoms with E-state index in [1.165, 1.54) is 11.7 Å². The number of esters is 1. The van der Waals surface area contributed by atoms with E-state index in [4.69, 9.17) is 14.2 Å². The summed E-state index contributed by atoms with van der Waals surface area (Å²) in [6, 6.07) is 8.52. The third-order valence-electron chi connectivity index (χ3n) is 5.22. The van der Waals surface area contributed by atoms with Crippen LogP contribution in [0.4, 0.5) is 4.79 Å². The zero-order valence-electron chi connectivity index (χ0n) is 20.2. The van der Waals surface area contributed by atoms with E-state index in [1.54, 1.807) is 51.1 Å². The van der Waals surface area contributed by atoms with Gasteiger partial charge in [0.25, 0.3) is 5.56 Å². The molecular weight excluding hydrogens is 438 g/mol. The number of hydrogen-bond acceptors (Lipinski definition) is 7. The van der Waals surface area contributed by atoms with E-state index in [-0.39, 0.29) is 30.5 Å². The number of nitrogens with one attached hydrogen (secondary N) is 1. The largest absolute Gasteiger partial charge is 0.495 e. The van der Waals surface area contributed by atoms with Crippen molar-refractivity contribution in [3.8, 4) is 11.4 Å². The summed E-state index contributed by atoms with van der Waals surface area (Å²) in [5.74, 6) is 0.151. The van der Waals surface area contributed by atoms with Gasteiger partial charge >= 0.3 is 12.1 Å². The van der Waals surface area contributed by atoms with Crippen LogP contribution in [0.2, 0.25) is 0 Å². The van der Waals surface area contributed by atoms with E-state index in [1.807, 2.05) is 13.8 Å². The van der Waals surface area contributed by atoms with E-state index in [0.717, 1.165) is 0 Å². The van der Waals surface area contributed by atoms with E-state index < -0.39 is 17.6 Å². The molecule has 0 aliphatic heterocycles. The quantitative estimate of drug-likeness (QED) is 0.526. The lowest BCUT2D eigenvalue weighted by atomic mass is 9.98. The van der Waals surface area contributed by atoms with Crippen molar-refractivity contribution >= 4 is 23.0 Å². The predicted molar refractivity (Wildman–Crippen MR) is 128 cm³/mol. The van der Waals surface area contributed by atoms with E-state index in [9.17, 15) is 14.4 Å². The molecule has 9 nitrogen and oxygen atoms in total. The second kappa shape index (κ2) is 10.4. The minimum absolute atomic E-state index is 0.111. The Bertz CT molecular complexity index is 1300. The van der Waals surface area contributed by atoms with Gasteiger partial charge in [-0.3, -0.25) is 9.36 Å². The summed E-state index contributed by atoms with van der Waals surface area (Å²) < 4.78 is 17.4. The van der Waals surface area contributed by atoms with Gasteiger partial charge in [0.05, 0.1) is 35.9 Å². The van der Waals surface area contributed by atoms with Crippen molar-refractivity contribution in [3.05, 3.63) is 63.2 Å². The highest BCUT2D eigenvalue weighted by Crippen LogP contribution is 2.27. The van der Waals surface area contributed by atoms with Crippen molar-refractivity contribution in [1.29, 1.82) is 0 Å². The normalized spacial score (nSPS) is 10.9. The number of hydrogen-bond donors (Lipinski definition) is 1. The second-order valence-electron chi connectivity index (χ2n) is 8.02. The number of aryl methyl sites for hydroxylation is 2. The van der Waals surface area contributed by atoms with Gasteiger partial charge in [-0.05, 0) is 63.9 Å². The molecule has 0 bridgehead atoms. The Hall–Kier alpha value is -3.88. The van der Waals surface area contributed by atoms with Crippen LogP contribution in [0.3, 0.4) is 0 Å². The predicted octanol–water partition coefficient (Wildman–Crippen LogP) is 3.82. The molecule has 1 heterocycles. The molecule has 0 aliphatic carbocycles. The summed E-state index contributed by atoms with van der Waals surface area (Å²) in [5, 5.41) is 2.92. The van der Waals surface area contributed by atoms with E-state index >= 15 is 0 Å². The summed E-state index contributed by atoms with van der Waals surface area (Å²) in [7, 11) is 1.50. The topological polar surface area (TPSA) is 109 Å². The summed E-state index contributed by atoms with van der Waals surface area (Å²) in [5.41, 5.74) is 1.85. The van der Waals surface area contributed by atoms with Crippen molar-refractivity contribution in [1.82, 2.24) is 14.9 Å². The van der Waals surface area contributed by atoms with Crippen LogP contribution in [0, 0.1) is 13.8 Å². The minimum Gasteiger partial charge on any atom is -0.495 e. The molecule has 0 atom stereocenters. The van der Waals surface area contributed by atoms with Gasteiger partial charge in [-0.25, -0.2) is 14.6 Å². The summed E-state index contributed by atoms with van der Waals surface area (Å²) in [4.78, 5) is 43.2. The lowest BCUT2D eigenvalue weighted by Gasteiger charge is -2.18. The molecule has 0 fully saturated rings. The molecule has 9 heteroatoms. The lowest BCUT2D eigenvalue weighted by Crippen LogP contribution is -2.32. The third-order valence-corrected chi connectivity index (χ3v) is 5.22. The molecule has 3 aromatic rings. The number of methoxy groups -OCH3 is 1. The maximum Gasteiger partial charge on any atom is 0.407 e. The number of rotatable bonds is 7. The molecule has 0 saturated heterocycles. The van der Waals surface area contributed by atoms with Crippen molar-refractivity contribution in [3.63, 3.8) is 0 Å². The van der Waals surface area contributed by atoms with Gasteiger partial charge < -0.3 is 19.5 Å². The first-order chi connectivity index (χ1) is 16.2. The monoisotopic (exact) mass is 467 g/mol. The van der Waals surface area contributed by atoms with Crippen LogP contribution in [0.1, 0.15) is 48.1 Å². The van der Waals surface area contributed by atoms with Crippen LogP contribution in [0.5, 0.6) is 5.75 Å². The fraction of sp³-hybridized carbons (Fsp3) is 0.360. The van der Waals surface area contributed by atoms with Gasteiger partial charge in [-0.15, -0.1) is 0 Å². The molecule has 1 aromatic heterocycles. The molecule has 180 valence electrons. The fourth-order valence-electron chi connectivity index (χ4n) is 3.82. The molecule has 0 saturated carbocycles. The molecule has 0 aliphatic rings. The van der Waals surface area contributed by atoms with Crippen LogP contribution in [0.15, 0.2) is 35.1 Å². The van der Waals surface area contributed by atoms with Gasteiger partial charge in [-0.1, -0.05) is 12.1 Å². The van der Waals surface area contributed by atoms with Crippen molar-refractivity contribution in [2.75, 3.05) is 13.7 Å². The Morgan fingerprint density at radius 2 is 1.85 bits per heavy atom. The highest BCUT2D eigenvalue weighted by Gasteiger charge is 2.23. The average molecular weight is 468 g/mol. The molecule has 1 N–H and O–H groups in total. The van der Waals surface area contributed by atoms with Gasteiger partial charge in [0.2, 0.25) is 0 Å². The Labute approximate surface area is 197 Å². The second-order valence-corrected chi connectivity index (χ2v) is 8.02. The van der Waals surface area contributed by atoms with Crippen molar-refractivity contribution < 1.29 is 23.8 Å². The van der Waals surface area contributed by atoms with Crippen LogP contribution < -0.4 is 15.6 Å². The molecule has 0 radical (unpaired) electrons. The lowest BCUT2D eigenvalue weighted by molar-refractivity contribution is 0.0525. The highest BCUT2D eigenvalue weighted by atomic mass is 16.5. The molecule has 34 heavy (non-hydrogen) atoms. The summed E-state index contributed by atoms with van der Waals surface area (Å²) >= 11 is 0. The first-order valence-corrected chi connectivity index (χ1v) is 11.0. The number of amides is 1. The van der Waals surface area contributed by atoms with Crippen LogP contribution in [0.25, 0.3) is 16.6 Å². The number of aromatic nitrogens is 2. The van der Waals surface area contributed by atoms with Gasteiger partial charge in [-0.2, -0.15) is 0 Å². The fourth-order valence-corrected chi connectivity index (χ4v) is 3.82. The molecule has 1 amide bonds. The zero-order valence-corrected chi connectivity index (χ0v) is 20.2. The van der Waals surface area contributed by atoms with Crippen molar-refractivity contribution in [2.24, 2.45) is 0 Å². The number of ether oxygens (including phenoxy) is 3. The van der Waals surface area contributed by atoms with Gasteiger partial charge in [0.15, 0.2) is 12.4 Å². The number of alkyl carbamates (subject to hydrolysis) is 1. The third kappa shape index (κ3) is 4.88. The molecule has 0 unspecified atom stereocenters. The van der Waals surface area contributed by atoms with Gasteiger partial charge in [0, 0.05) is 6.04 Å². The summed E-state index contributed by atoms with van der Waals surface area (Å²) in [6.45, 7) is 8.77. The maximum atomic E-state index is 13.9. The van der Waals surface area contributed by atoms with Crippen LogP contribution in [-0.4, -0.2) is 41.4 Å². The molecule has 0 spiro atoms. The Kier molecular flexibility index (Phi) is 7.55. The minimum atomic E-state index is -0.624. The SMILES string of the molecule is CCOC(=O)c1c(C)cc2nc(COC(=O)NC(C)C)n(-c3ccccc3OC)c(=O)c2c1C. The van der Waals surface area contributed by atoms with Crippen LogP contribution in [-0.2, 0) is 16.1 Å². The number of benzene rings is 2. The maximum absolute atomic E-state index is 13.9. The smallest absolute Gasteiger partial charge is 0.407 e. The average Bonchev–Trinajstić information content (AvgIpc) is 2.77. The number of carbonyl (C=O) groups excluding carboxylic acids is 2. The number of fused-ring (bicyclic) bond motifs is 1. The highest BCUT2D eigenvalue weighted by molar-refractivity contribution is 5.99. The van der Waals surface area contributed by atoms with E-state index in [0.29, 0.717) is 33.6 Å². The van der Waals surface area contributed by atoms with Crippen molar-refractivity contribution in [2.45, 2.75) is 47.3 Å². The Morgan fingerprint density at radius 3 is 2.50 bits per heavy atom. The number of nitrogens with zero attached hydrogens (tertiary/aromatic N) is 2. The molecule has 2 aromatic carbocycles. The van der Waals surface area contributed by atoms with Crippen LogP contribution >= 0.6 is 0 Å². The summed E-state index contributed by atoms with van der Waals surface area (Å²) in [6.07, 6.45) is -0.624. The number of para-hydroxylation sites is 2. The first kappa shape index (κ1) is 24.8. The van der Waals surface area contributed by atoms with Gasteiger partial charge in [0.1, 0.15) is 5.75 Å².